The SMILES string of the molecule is CCCCCCCCCC/C=C/C(O)C(CO)NC(=O)CC(O)CCCCCCCCCCCCCCC/C=C\CCCCCCCCCCCCCC. The summed E-state index contributed by atoms with van der Waals surface area (Å²) in [6.45, 7) is 4.20. The lowest BCUT2D eigenvalue weighted by molar-refractivity contribution is -0.124. The highest BCUT2D eigenvalue weighted by Gasteiger charge is 2.20. The Kier molecular flexibility index (Phi) is 43.6. The average molecular weight is 762 g/mol. The number of carbonyl (C=O) groups is 1. The highest BCUT2D eigenvalue weighted by atomic mass is 16.3. The minimum Gasteiger partial charge on any atom is -0.394 e. The first-order valence-corrected chi connectivity index (χ1v) is 24.1. The van der Waals surface area contributed by atoms with Crippen molar-refractivity contribution in [3.63, 3.8) is 0 Å². The second kappa shape index (κ2) is 44.5. The predicted octanol–water partition coefficient (Wildman–Crippen LogP) is 14.2. The van der Waals surface area contributed by atoms with Gasteiger partial charge in [0.25, 0.3) is 0 Å². The summed E-state index contributed by atoms with van der Waals surface area (Å²) in [5, 5.41) is 33.1. The Morgan fingerprint density at radius 3 is 1.13 bits per heavy atom. The normalized spacial score (nSPS) is 13.6. The van der Waals surface area contributed by atoms with Gasteiger partial charge in [-0.2, -0.15) is 0 Å². The van der Waals surface area contributed by atoms with Crippen molar-refractivity contribution in [3.8, 4) is 0 Å². The van der Waals surface area contributed by atoms with E-state index in [4.69, 9.17) is 0 Å². The van der Waals surface area contributed by atoms with Gasteiger partial charge in [0.2, 0.25) is 5.91 Å². The number of aliphatic hydroxyl groups is 3. The summed E-state index contributed by atoms with van der Waals surface area (Å²) < 4.78 is 0. The van der Waals surface area contributed by atoms with Crippen molar-refractivity contribution in [1.29, 1.82) is 0 Å². The van der Waals surface area contributed by atoms with Crippen LogP contribution < -0.4 is 5.32 Å². The molecule has 54 heavy (non-hydrogen) atoms. The number of nitrogens with one attached hydrogen (secondary N) is 1. The molecular formula is C49H95NO4. The van der Waals surface area contributed by atoms with Crippen molar-refractivity contribution in [2.45, 2.75) is 276 Å². The minimum absolute atomic E-state index is 0.0157. The monoisotopic (exact) mass is 762 g/mol. The van der Waals surface area contributed by atoms with Crippen LogP contribution in [0, 0.1) is 0 Å². The highest BCUT2D eigenvalue weighted by molar-refractivity contribution is 5.76. The molecule has 0 aliphatic rings. The van der Waals surface area contributed by atoms with Crippen molar-refractivity contribution in [1.82, 2.24) is 5.32 Å². The number of hydrogen-bond acceptors (Lipinski definition) is 4. The summed E-state index contributed by atoms with van der Waals surface area (Å²) in [4.78, 5) is 12.4. The van der Waals surface area contributed by atoms with Crippen LogP contribution in [0.3, 0.4) is 0 Å². The average Bonchev–Trinajstić information content (AvgIpc) is 3.16. The summed E-state index contributed by atoms with van der Waals surface area (Å²) in [6, 6.07) is -0.740. The quantitative estimate of drug-likeness (QED) is 0.0368. The molecule has 0 spiro atoms. The van der Waals surface area contributed by atoms with E-state index in [0.717, 1.165) is 25.7 Å². The van der Waals surface area contributed by atoms with Crippen LogP contribution in [-0.4, -0.2) is 46.1 Å². The zero-order valence-electron chi connectivity index (χ0n) is 36.4. The topological polar surface area (TPSA) is 89.8 Å². The Hall–Kier alpha value is -1.17. The number of unbranched alkanes of at least 4 members (excludes halogenated alkanes) is 33. The van der Waals surface area contributed by atoms with Gasteiger partial charge < -0.3 is 20.6 Å². The largest absolute Gasteiger partial charge is 0.394 e. The van der Waals surface area contributed by atoms with Crippen molar-refractivity contribution in [3.05, 3.63) is 24.3 Å². The van der Waals surface area contributed by atoms with Gasteiger partial charge in [0.15, 0.2) is 0 Å². The van der Waals surface area contributed by atoms with Crippen molar-refractivity contribution in [2.75, 3.05) is 6.61 Å². The molecule has 0 saturated carbocycles. The number of carbonyl (C=O) groups excluding carboxylic acids is 1. The third kappa shape index (κ3) is 40.5. The van der Waals surface area contributed by atoms with Crippen LogP contribution in [0.25, 0.3) is 0 Å². The van der Waals surface area contributed by atoms with E-state index >= 15 is 0 Å². The van der Waals surface area contributed by atoms with Crippen LogP contribution in [0.2, 0.25) is 0 Å². The maximum absolute atomic E-state index is 12.4. The summed E-state index contributed by atoms with van der Waals surface area (Å²) in [5.41, 5.74) is 0. The Morgan fingerprint density at radius 2 is 0.778 bits per heavy atom. The lowest BCUT2D eigenvalue weighted by Crippen LogP contribution is -2.45. The van der Waals surface area contributed by atoms with E-state index in [9.17, 15) is 20.1 Å². The second-order valence-electron chi connectivity index (χ2n) is 16.7. The predicted molar refractivity (Wildman–Crippen MR) is 236 cm³/mol. The van der Waals surface area contributed by atoms with Crippen LogP contribution in [0.5, 0.6) is 0 Å². The van der Waals surface area contributed by atoms with E-state index in [1.54, 1.807) is 6.08 Å². The molecule has 0 bridgehead atoms. The molecule has 4 N–H and O–H groups in total. The van der Waals surface area contributed by atoms with Crippen LogP contribution in [-0.2, 0) is 4.79 Å². The minimum atomic E-state index is -0.925. The fourth-order valence-corrected chi connectivity index (χ4v) is 7.51. The Morgan fingerprint density at radius 1 is 0.463 bits per heavy atom. The number of hydrogen-bond donors (Lipinski definition) is 4. The van der Waals surface area contributed by atoms with E-state index in [1.165, 1.54) is 205 Å². The molecule has 0 fully saturated rings. The summed E-state index contributed by atoms with van der Waals surface area (Å²) in [5.74, 6) is -0.315. The first-order valence-electron chi connectivity index (χ1n) is 24.1. The molecule has 320 valence electrons. The molecule has 0 saturated heterocycles. The summed E-state index contributed by atoms with van der Waals surface area (Å²) in [7, 11) is 0. The van der Waals surface area contributed by atoms with E-state index in [-0.39, 0.29) is 18.9 Å². The smallest absolute Gasteiger partial charge is 0.222 e. The first-order chi connectivity index (χ1) is 26.5. The molecule has 3 unspecified atom stereocenters. The lowest BCUT2D eigenvalue weighted by Gasteiger charge is -2.21. The molecule has 0 radical (unpaired) electrons. The molecule has 0 aliphatic carbocycles. The van der Waals surface area contributed by atoms with Gasteiger partial charge in [-0.15, -0.1) is 0 Å². The zero-order valence-corrected chi connectivity index (χ0v) is 36.4. The molecule has 0 aromatic carbocycles. The van der Waals surface area contributed by atoms with E-state index in [0.29, 0.717) is 6.42 Å². The molecular weight excluding hydrogens is 667 g/mol. The molecule has 0 aromatic heterocycles. The third-order valence-electron chi connectivity index (χ3n) is 11.2. The molecule has 0 heterocycles. The van der Waals surface area contributed by atoms with Crippen LogP contribution in [0.15, 0.2) is 24.3 Å². The van der Waals surface area contributed by atoms with Gasteiger partial charge in [-0.1, -0.05) is 231 Å². The molecule has 3 atom stereocenters. The number of rotatable bonds is 44. The molecule has 1 amide bonds. The number of aliphatic hydroxyl groups excluding tert-OH is 3. The Labute approximate surface area is 337 Å². The van der Waals surface area contributed by atoms with Crippen molar-refractivity contribution >= 4 is 5.91 Å². The third-order valence-corrected chi connectivity index (χ3v) is 11.2. The van der Waals surface area contributed by atoms with E-state index in [2.05, 4.69) is 31.3 Å². The van der Waals surface area contributed by atoms with Gasteiger partial charge in [0.1, 0.15) is 0 Å². The fraction of sp³-hybridized carbons (Fsp3) is 0.898. The molecule has 0 rings (SSSR count). The Bertz CT molecular complexity index is 799. The van der Waals surface area contributed by atoms with Crippen LogP contribution in [0.4, 0.5) is 0 Å². The van der Waals surface area contributed by atoms with Gasteiger partial charge in [-0.3, -0.25) is 4.79 Å². The van der Waals surface area contributed by atoms with E-state index in [1.807, 2.05) is 6.08 Å². The van der Waals surface area contributed by atoms with Gasteiger partial charge in [-0.05, 0) is 44.9 Å². The zero-order chi connectivity index (χ0) is 39.4. The standard InChI is InChI=1S/C49H95NO4/c1-3-5-7-9-11-13-15-16-17-18-19-20-21-22-23-24-25-26-27-28-29-30-31-32-33-34-36-38-40-42-46(52)44-49(54)50-47(45-51)48(53)43-41-39-37-35-14-12-10-8-6-4-2/h22-23,41,43,46-48,51-53H,3-21,24-40,42,44-45H2,1-2H3,(H,50,54)/b23-22-,43-41+. The summed E-state index contributed by atoms with van der Waals surface area (Å²) >= 11 is 0. The lowest BCUT2D eigenvalue weighted by atomic mass is 10.0. The Balaban J connectivity index is 3.51. The van der Waals surface area contributed by atoms with Gasteiger partial charge >= 0.3 is 0 Å². The second-order valence-corrected chi connectivity index (χ2v) is 16.7. The molecule has 5 nitrogen and oxygen atoms in total. The van der Waals surface area contributed by atoms with Crippen LogP contribution >= 0.6 is 0 Å². The van der Waals surface area contributed by atoms with Gasteiger partial charge in [-0.25, -0.2) is 0 Å². The first kappa shape index (κ1) is 52.8. The molecule has 0 aromatic rings. The van der Waals surface area contributed by atoms with Crippen molar-refractivity contribution < 1.29 is 20.1 Å². The highest BCUT2D eigenvalue weighted by Crippen LogP contribution is 2.16. The summed E-state index contributed by atoms with van der Waals surface area (Å²) in [6.07, 6.45) is 55.0. The molecule has 0 aliphatic heterocycles. The maximum Gasteiger partial charge on any atom is 0.222 e. The number of amides is 1. The van der Waals surface area contributed by atoms with Gasteiger partial charge in [0.05, 0.1) is 31.3 Å². The van der Waals surface area contributed by atoms with Crippen LogP contribution in [0.1, 0.15) is 258 Å². The van der Waals surface area contributed by atoms with Gasteiger partial charge in [0, 0.05) is 0 Å². The maximum atomic E-state index is 12.4. The van der Waals surface area contributed by atoms with Crippen molar-refractivity contribution in [2.24, 2.45) is 0 Å². The van der Waals surface area contributed by atoms with E-state index < -0.39 is 18.2 Å². The fourth-order valence-electron chi connectivity index (χ4n) is 7.51. The molecule has 5 heteroatoms. The number of allylic oxidation sites excluding steroid dienone is 3.